The first kappa shape index (κ1) is 19.3. The monoisotopic (exact) mass is 244 g/mol. The topological polar surface area (TPSA) is 9.23 Å². The van der Waals surface area contributed by atoms with Crippen LogP contribution in [0.4, 0.5) is 0 Å². The van der Waals surface area contributed by atoms with Crippen LogP contribution in [0.2, 0.25) is 0 Å². The van der Waals surface area contributed by atoms with Gasteiger partial charge in [-0.1, -0.05) is 55.4 Å². The third kappa shape index (κ3) is 7.81. The van der Waals surface area contributed by atoms with Gasteiger partial charge in [0.25, 0.3) is 0 Å². The smallest absolute Gasteiger partial charge is 0.0649 e. The zero-order chi connectivity index (χ0) is 14.3. The van der Waals surface area contributed by atoms with Gasteiger partial charge < -0.3 is 4.74 Å². The predicted molar refractivity (Wildman–Crippen MR) is 79.5 cm³/mol. The van der Waals surface area contributed by atoms with E-state index in [1.165, 1.54) is 0 Å². The van der Waals surface area contributed by atoms with Crippen LogP contribution in [-0.4, -0.2) is 12.2 Å². The van der Waals surface area contributed by atoms with Crippen molar-refractivity contribution in [2.45, 2.75) is 81.3 Å². The van der Waals surface area contributed by atoms with E-state index in [-0.39, 0.29) is 5.60 Å². The third-order valence-corrected chi connectivity index (χ3v) is 4.17. The molecule has 0 aromatic carbocycles. The van der Waals surface area contributed by atoms with E-state index in [2.05, 4.69) is 55.4 Å². The molecule has 0 rings (SSSR count). The van der Waals surface area contributed by atoms with Crippen LogP contribution >= 0.6 is 0 Å². The molecule has 0 atom stereocenters. The van der Waals surface area contributed by atoms with Crippen LogP contribution in [-0.2, 0) is 4.74 Å². The van der Waals surface area contributed by atoms with Crippen LogP contribution in [0.15, 0.2) is 0 Å². The fourth-order valence-corrected chi connectivity index (χ4v) is 1.03. The lowest BCUT2D eigenvalue weighted by atomic mass is 9.78. The zero-order valence-corrected chi connectivity index (χ0v) is 14.0. The molecule has 0 saturated carbocycles. The molecule has 0 aliphatic carbocycles. The summed E-state index contributed by atoms with van der Waals surface area (Å²) in [6.07, 6.45) is 1.14. The normalized spacial score (nSPS) is 12.7. The van der Waals surface area contributed by atoms with Gasteiger partial charge in [0.15, 0.2) is 0 Å². The molecule has 0 unspecified atom stereocenters. The summed E-state index contributed by atoms with van der Waals surface area (Å²) in [6.45, 7) is 22.9. The van der Waals surface area contributed by atoms with E-state index in [4.69, 9.17) is 4.74 Å². The Morgan fingerprint density at radius 1 is 0.824 bits per heavy atom. The van der Waals surface area contributed by atoms with Crippen molar-refractivity contribution in [1.29, 1.82) is 0 Å². The van der Waals surface area contributed by atoms with Crippen LogP contribution in [0.3, 0.4) is 0 Å². The maximum Gasteiger partial charge on any atom is 0.0649 e. The molecule has 0 aromatic rings. The Hall–Kier alpha value is -0.0400. The van der Waals surface area contributed by atoms with Gasteiger partial charge in [-0.2, -0.15) is 0 Å². The van der Waals surface area contributed by atoms with E-state index in [0.29, 0.717) is 17.3 Å². The quantitative estimate of drug-likeness (QED) is 0.596. The Bertz CT molecular complexity index is 158. The highest BCUT2D eigenvalue weighted by molar-refractivity contribution is 4.75. The predicted octanol–water partition coefficient (Wildman–Crippen LogP) is 5.54. The van der Waals surface area contributed by atoms with Crippen molar-refractivity contribution >= 4 is 0 Å². The van der Waals surface area contributed by atoms with Gasteiger partial charge in [-0.15, -0.1) is 0 Å². The molecule has 0 spiro atoms. The van der Waals surface area contributed by atoms with Crippen molar-refractivity contribution in [2.24, 2.45) is 17.3 Å². The van der Waals surface area contributed by atoms with E-state index in [0.717, 1.165) is 13.0 Å². The van der Waals surface area contributed by atoms with Crippen LogP contribution in [0.25, 0.3) is 0 Å². The van der Waals surface area contributed by atoms with Crippen molar-refractivity contribution < 1.29 is 4.74 Å². The summed E-state index contributed by atoms with van der Waals surface area (Å²) in [7, 11) is 0. The molecule has 1 heteroatoms. The molecule has 0 fully saturated rings. The number of ether oxygens (including phenoxy) is 1. The van der Waals surface area contributed by atoms with E-state index in [1.807, 2.05) is 13.8 Å². The molecule has 0 bridgehead atoms. The molecule has 106 valence electrons. The van der Waals surface area contributed by atoms with Crippen molar-refractivity contribution in [3.05, 3.63) is 0 Å². The Balaban J connectivity index is 0. The molecule has 0 saturated heterocycles. The molecule has 0 amide bonds. The minimum atomic E-state index is 0.00700. The molecule has 1 nitrogen and oxygen atoms in total. The summed E-state index contributed by atoms with van der Waals surface area (Å²) in [5.74, 6) is 1.28. The summed E-state index contributed by atoms with van der Waals surface area (Å²) >= 11 is 0. The summed E-state index contributed by atoms with van der Waals surface area (Å²) in [6, 6.07) is 0. The fraction of sp³-hybridized carbons (Fsp3) is 1.00. The molecular formula is C16H36O. The van der Waals surface area contributed by atoms with Crippen LogP contribution < -0.4 is 0 Å². The lowest BCUT2D eigenvalue weighted by Gasteiger charge is -2.34. The van der Waals surface area contributed by atoms with Gasteiger partial charge in [-0.3, -0.25) is 0 Å². The van der Waals surface area contributed by atoms with Gasteiger partial charge in [0.05, 0.1) is 5.60 Å². The lowest BCUT2D eigenvalue weighted by molar-refractivity contribution is -0.0619. The van der Waals surface area contributed by atoms with Crippen LogP contribution in [0.5, 0.6) is 0 Å². The molecule has 0 radical (unpaired) electrons. The number of rotatable bonds is 6. The standard InChI is InChI=1S/C14H30O.C2H6/c1-11(2)13(5,6)9-10-15-14(7,8)12(3)4;1-2/h11-12H,9-10H2,1-8H3;1-2H3. The highest BCUT2D eigenvalue weighted by Gasteiger charge is 2.26. The van der Waals surface area contributed by atoms with Crippen molar-refractivity contribution in [3.8, 4) is 0 Å². The van der Waals surface area contributed by atoms with E-state index >= 15 is 0 Å². The van der Waals surface area contributed by atoms with Crippen LogP contribution in [0.1, 0.15) is 75.7 Å². The van der Waals surface area contributed by atoms with Gasteiger partial charge >= 0.3 is 0 Å². The fourth-order valence-electron chi connectivity index (χ4n) is 1.03. The highest BCUT2D eigenvalue weighted by atomic mass is 16.5. The van der Waals surface area contributed by atoms with E-state index < -0.39 is 0 Å². The largest absolute Gasteiger partial charge is 0.375 e. The van der Waals surface area contributed by atoms with E-state index in [9.17, 15) is 0 Å². The average Bonchev–Trinajstić information content (AvgIpc) is 2.19. The summed E-state index contributed by atoms with van der Waals surface area (Å²) in [4.78, 5) is 0. The van der Waals surface area contributed by atoms with Crippen molar-refractivity contribution in [2.75, 3.05) is 6.61 Å². The average molecular weight is 244 g/mol. The Labute approximate surface area is 110 Å². The van der Waals surface area contributed by atoms with Crippen LogP contribution in [0, 0.1) is 17.3 Å². The first-order chi connectivity index (χ1) is 7.59. The Morgan fingerprint density at radius 3 is 1.53 bits per heavy atom. The minimum absolute atomic E-state index is 0.00700. The maximum atomic E-state index is 5.98. The highest BCUT2D eigenvalue weighted by Crippen LogP contribution is 2.31. The van der Waals surface area contributed by atoms with Gasteiger partial charge in [-0.05, 0) is 37.5 Å². The molecule has 0 aliphatic rings. The first-order valence-corrected chi connectivity index (χ1v) is 7.23. The molecule has 0 aliphatic heterocycles. The minimum Gasteiger partial charge on any atom is -0.375 e. The Kier molecular flexibility index (Phi) is 9.23. The first-order valence-electron chi connectivity index (χ1n) is 7.23. The zero-order valence-electron chi connectivity index (χ0n) is 14.0. The number of hydrogen-bond acceptors (Lipinski definition) is 1. The van der Waals surface area contributed by atoms with Gasteiger partial charge in [-0.25, -0.2) is 0 Å². The lowest BCUT2D eigenvalue weighted by Crippen LogP contribution is -2.33. The van der Waals surface area contributed by atoms with Crippen molar-refractivity contribution in [3.63, 3.8) is 0 Å². The summed E-state index contributed by atoms with van der Waals surface area (Å²) < 4.78 is 5.98. The summed E-state index contributed by atoms with van der Waals surface area (Å²) in [5.41, 5.74) is 0.389. The molecule has 0 heterocycles. The SMILES string of the molecule is CC.CC(C)C(C)(C)CCOC(C)(C)C(C)C. The van der Waals surface area contributed by atoms with Gasteiger partial charge in [0.1, 0.15) is 0 Å². The van der Waals surface area contributed by atoms with E-state index in [1.54, 1.807) is 0 Å². The molecule has 0 N–H and O–H groups in total. The second-order valence-corrected chi connectivity index (χ2v) is 6.50. The van der Waals surface area contributed by atoms with Gasteiger partial charge in [0.2, 0.25) is 0 Å². The maximum absolute atomic E-state index is 5.98. The second kappa shape index (κ2) is 8.13. The third-order valence-electron chi connectivity index (χ3n) is 4.17. The number of hydrogen-bond donors (Lipinski definition) is 0. The molecular weight excluding hydrogens is 208 g/mol. The Morgan fingerprint density at radius 2 is 1.24 bits per heavy atom. The van der Waals surface area contributed by atoms with Gasteiger partial charge in [0, 0.05) is 6.61 Å². The summed E-state index contributed by atoms with van der Waals surface area (Å²) in [5, 5.41) is 0. The molecule has 0 aromatic heterocycles. The second-order valence-electron chi connectivity index (χ2n) is 6.50. The molecule has 17 heavy (non-hydrogen) atoms. The van der Waals surface area contributed by atoms with Crippen molar-refractivity contribution in [1.82, 2.24) is 0 Å².